The molecular weight excluding hydrogens is 942 g/mol. The van der Waals surface area contributed by atoms with Crippen LogP contribution in [0.4, 0.5) is 34.1 Å². The second kappa shape index (κ2) is 18.1. The summed E-state index contributed by atoms with van der Waals surface area (Å²) in [6, 6.07) is 64.9. The van der Waals surface area contributed by atoms with Crippen LogP contribution in [0.1, 0.15) is 175 Å². The first-order chi connectivity index (χ1) is 36.8. The average molecular weight is 1020 g/mol. The summed E-state index contributed by atoms with van der Waals surface area (Å²) >= 11 is 0. The summed E-state index contributed by atoms with van der Waals surface area (Å²) in [6.45, 7) is 35.2. The quantitative estimate of drug-likeness (QED) is 0.159. The van der Waals surface area contributed by atoms with Crippen LogP contribution in [0.5, 0.6) is 0 Å². The van der Waals surface area contributed by atoms with Crippen molar-refractivity contribution in [3.8, 4) is 5.69 Å². The van der Waals surface area contributed by atoms with Gasteiger partial charge in [-0.25, -0.2) is 0 Å². The second-order valence-electron chi connectivity index (χ2n) is 28.7. The van der Waals surface area contributed by atoms with E-state index in [9.17, 15) is 0 Å². The first kappa shape index (κ1) is 52.0. The summed E-state index contributed by atoms with van der Waals surface area (Å²) in [6.07, 6.45) is 5.94. The van der Waals surface area contributed by atoms with Crippen LogP contribution in [0.15, 0.2) is 164 Å². The summed E-state index contributed by atoms with van der Waals surface area (Å²) in [7, 11) is 0. The Kier molecular flexibility index (Phi) is 12.1. The molecule has 2 aliphatic heterocycles. The minimum absolute atomic E-state index is 0.0103. The Balaban J connectivity index is 1.19. The first-order valence-electron chi connectivity index (χ1n) is 29.2. The molecule has 3 heterocycles. The van der Waals surface area contributed by atoms with E-state index in [4.69, 9.17) is 0 Å². The van der Waals surface area contributed by atoms with Gasteiger partial charge in [0.25, 0.3) is 0 Å². The Hall–Kier alpha value is -6.78. The first-order valence-corrected chi connectivity index (χ1v) is 29.2. The van der Waals surface area contributed by atoms with Crippen LogP contribution in [-0.4, -0.2) is 11.3 Å². The van der Waals surface area contributed by atoms with Crippen molar-refractivity contribution in [2.75, 3.05) is 9.80 Å². The van der Waals surface area contributed by atoms with Gasteiger partial charge in [-0.3, -0.25) is 0 Å². The average Bonchev–Trinajstić information content (AvgIpc) is 2.90. The maximum atomic E-state index is 2.70. The summed E-state index contributed by atoms with van der Waals surface area (Å²) in [5, 5.41) is 2.61. The molecule has 12 rings (SSSR count). The molecule has 4 heteroatoms. The number of nitrogens with zero attached hydrogens (tertiary/aromatic N) is 3. The second-order valence-corrected chi connectivity index (χ2v) is 28.7. The van der Waals surface area contributed by atoms with E-state index in [-0.39, 0.29) is 39.2 Å². The number of fused-ring (bicyclic) bond motifs is 9. The van der Waals surface area contributed by atoms with Gasteiger partial charge in [-0.05, 0) is 175 Å². The van der Waals surface area contributed by atoms with E-state index in [0.717, 1.165) is 12.8 Å². The van der Waals surface area contributed by atoms with Crippen LogP contribution in [0.25, 0.3) is 27.5 Å². The van der Waals surface area contributed by atoms with Crippen molar-refractivity contribution in [3.63, 3.8) is 0 Å². The standard InChI is InChI=1S/C74H82BN3/c1-69(2,3)48-24-31-54(32-25-48)76(55-33-26-49(27-34-55)70(4,5)6)57-37-38-62-60(45-57)74(40-20-17-21-41-74)61-43-52(73(13,14)15)44-67-68(61)75(62)63-46-59-58-42-51(72(10,11)12)30-39-64(58)77(53-22-18-16-19-23-53)65(59)47-66(63)78(67)56-35-28-50(29-36-56)71(7,8)9/h16,18-19,22-39,42-47H,17,20-21,40-41H2,1-15H3. The van der Waals surface area contributed by atoms with E-state index in [1.165, 1.54) is 131 Å². The monoisotopic (exact) mass is 1020 g/mol. The SMILES string of the molecule is CC(C)(C)c1ccc(N(c2ccc(C(C)(C)C)cc2)c2ccc3c(c2)C2(CCCCC2)c2cc(C(C)(C)C)cc4c2B3c2cc3c5cc(C(C)(C)C)ccc5n(-c5ccccc5)c3cc2N4c2ccc(C(C)(C)C)cc2)cc1. The third-order valence-corrected chi connectivity index (χ3v) is 18.2. The fourth-order valence-electron chi connectivity index (χ4n) is 13.6. The van der Waals surface area contributed by atoms with Crippen LogP contribution in [0.2, 0.25) is 0 Å². The van der Waals surface area contributed by atoms with Gasteiger partial charge in [-0.2, -0.15) is 0 Å². The molecule has 1 aromatic heterocycles. The molecule has 1 aliphatic carbocycles. The Morgan fingerprint density at radius 3 is 1.45 bits per heavy atom. The number of aromatic nitrogens is 1. The Morgan fingerprint density at radius 2 is 0.897 bits per heavy atom. The molecule has 0 bridgehead atoms. The molecule has 0 amide bonds. The molecule has 0 unspecified atom stereocenters. The molecule has 3 aliphatic rings. The third kappa shape index (κ3) is 8.63. The molecule has 0 atom stereocenters. The van der Waals surface area contributed by atoms with Gasteiger partial charge in [-0.1, -0.05) is 207 Å². The summed E-state index contributed by atoms with van der Waals surface area (Å²) in [4.78, 5) is 5.22. The molecule has 0 N–H and O–H groups in total. The van der Waals surface area contributed by atoms with E-state index in [2.05, 4.69) is 282 Å². The highest BCUT2D eigenvalue weighted by Crippen LogP contribution is 2.52. The van der Waals surface area contributed by atoms with Crippen molar-refractivity contribution in [1.29, 1.82) is 0 Å². The zero-order chi connectivity index (χ0) is 55.1. The molecule has 1 fully saturated rings. The minimum Gasteiger partial charge on any atom is -0.311 e. The Morgan fingerprint density at radius 1 is 0.385 bits per heavy atom. The van der Waals surface area contributed by atoms with E-state index in [1.807, 2.05) is 0 Å². The number of hydrogen-bond acceptors (Lipinski definition) is 2. The number of hydrogen-bond donors (Lipinski definition) is 0. The fraction of sp³-hybridized carbons (Fsp3) is 0.351. The lowest BCUT2D eigenvalue weighted by molar-refractivity contribution is 0.347. The van der Waals surface area contributed by atoms with E-state index in [0.29, 0.717) is 0 Å². The normalized spacial score (nSPS) is 15.4. The van der Waals surface area contributed by atoms with Crippen molar-refractivity contribution in [2.45, 2.75) is 168 Å². The van der Waals surface area contributed by atoms with Gasteiger partial charge in [0, 0.05) is 56.0 Å². The number of anilines is 6. The maximum Gasteiger partial charge on any atom is 0.247 e. The van der Waals surface area contributed by atoms with Crippen LogP contribution >= 0.6 is 0 Å². The zero-order valence-electron chi connectivity index (χ0n) is 49.5. The predicted octanol–water partition coefficient (Wildman–Crippen LogP) is 18.6. The molecule has 0 radical (unpaired) electrons. The van der Waals surface area contributed by atoms with Crippen molar-refractivity contribution < 1.29 is 0 Å². The largest absolute Gasteiger partial charge is 0.311 e. The van der Waals surface area contributed by atoms with Crippen molar-refractivity contribution in [1.82, 2.24) is 4.57 Å². The molecule has 396 valence electrons. The van der Waals surface area contributed by atoms with Crippen LogP contribution in [0, 0.1) is 0 Å². The molecule has 0 saturated heterocycles. The number of para-hydroxylation sites is 1. The highest BCUT2D eigenvalue weighted by molar-refractivity contribution is 6.99. The van der Waals surface area contributed by atoms with E-state index in [1.54, 1.807) is 5.56 Å². The van der Waals surface area contributed by atoms with Gasteiger partial charge in [-0.15, -0.1) is 0 Å². The van der Waals surface area contributed by atoms with Crippen molar-refractivity contribution in [2.24, 2.45) is 0 Å². The number of benzene rings is 8. The van der Waals surface area contributed by atoms with E-state index >= 15 is 0 Å². The lowest BCUT2D eigenvalue weighted by Crippen LogP contribution is -2.65. The molecule has 8 aromatic carbocycles. The fourth-order valence-corrected chi connectivity index (χ4v) is 13.6. The van der Waals surface area contributed by atoms with Gasteiger partial charge in [0.2, 0.25) is 6.71 Å². The molecule has 3 nitrogen and oxygen atoms in total. The van der Waals surface area contributed by atoms with Crippen molar-refractivity contribution in [3.05, 3.63) is 203 Å². The Bertz CT molecular complexity index is 3700. The summed E-state index contributed by atoms with van der Waals surface area (Å²) in [5.41, 5.74) is 25.0. The molecule has 1 saturated carbocycles. The lowest BCUT2D eigenvalue weighted by Gasteiger charge is -2.50. The third-order valence-electron chi connectivity index (χ3n) is 18.2. The summed E-state index contributed by atoms with van der Waals surface area (Å²) < 4.78 is 2.53. The van der Waals surface area contributed by atoms with Gasteiger partial charge in [0.05, 0.1) is 11.0 Å². The molecule has 78 heavy (non-hydrogen) atoms. The zero-order valence-corrected chi connectivity index (χ0v) is 49.5. The minimum atomic E-state index is -0.169. The van der Waals surface area contributed by atoms with Crippen LogP contribution < -0.4 is 26.2 Å². The van der Waals surface area contributed by atoms with Gasteiger partial charge in [0.1, 0.15) is 0 Å². The van der Waals surface area contributed by atoms with Gasteiger partial charge >= 0.3 is 0 Å². The highest BCUT2D eigenvalue weighted by Gasteiger charge is 2.51. The molecule has 1 spiro atoms. The highest BCUT2D eigenvalue weighted by atomic mass is 15.2. The maximum absolute atomic E-state index is 2.70. The van der Waals surface area contributed by atoms with E-state index < -0.39 is 0 Å². The topological polar surface area (TPSA) is 11.4 Å². The molecule has 9 aromatic rings. The Labute approximate surface area is 467 Å². The predicted molar refractivity (Wildman–Crippen MR) is 339 cm³/mol. The van der Waals surface area contributed by atoms with Crippen molar-refractivity contribution >= 4 is 79.0 Å². The van der Waals surface area contributed by atoms with Crippen LogP contribution in [0.3, 0.4) is 0 Å². The number of rotatable bonds is 5. The summed E-state index contributed by atoms with van der Waals surface area (Å²) in [5.74, 6) is 0. The van der Waals surface area contributed by atoms with Gasteiger partial charge < -0.3 is 14.4 Å². The smallest absolute Gasteiger partial charge is 0.247 e. The van der Waals surface area contributed by atoms with Crippen LogP contribution in [-0.2, 0) is 32.5 Å². The molecular formula is C74H82BN3. The van der Waals surface area contributed by atoms with Gasteiger partial charge in [0.15, 0.2) is 0 Å². The lowest BCUT2D eigenvalue weighted by atomic mass is 9.29.